The topological polar surface area (TPSA) is 27.0 Å². The van der Waals surface area contributed by atoms with Gasteiger partial charge in [-0.15, -0.1) is 0 Å². The molecule has 1 aromatic carbocycles. The molecule has 0 radical (unpaired) electrons. The van der Waals surface area contributed by atoms with E-state index in [0.29, 0.717) is 5.56 Å². The Bertz CT molecular complexity index is 473. The first-order valence-corrected chi connectivity index (χ1v) is 6.03. The van der Waals surface area contributed by atoms with Gasteiger partial charge in [-0.3, -0.25) is 4.90 Å². The molecule has 1 aromatic rings. The van der Waals surface area contributed by atoms with E-state index in [1.54, 1.807) is 32.0 Å². The lowest BCUT2D eigenvalue weighted by molar-refractivity contribution is -0.150. The van der Waals surface area contributed by atoms with Gasteiger partial charge in [-0.1, -0.05) is 6.07 Å². The van der Waals surface area contributed by atoms with E-state index in [9.17, 15) is 13.2 Å². The number of hydrogen-bond acceptors (Lipinski definition) is 2. The van der Waals surface area contributed by atoms with Crippen LogP contribution in [0.3, 0.4) is 0 Å². The van der Waals surface area contributed by atoms with E-state index < -0.39 is 12.7 Å². The van der Waals surface area contributed by atoms with Crippen molar-refractivity contribution in [3.05, 3.63) is 34.9 Å². The first-order valence-electron chi connectivity index (χ1n) is 6.03. The summed E-state index contributed by atoms with van der Waals surface area (Å²) in [6.07, 6.45) is -4.20. The van der Waals surface area contributed by atoms with Crippen LogP contribution < -0.4 is 0 Å². The number of halogens is 3. The predicted molar refractivity (Wildman–Crippen MR) is 67.5 cm³/mol. The molecular weight excluding hydrogens is 253 g/mol. The Morgan fingerprint density at radius 2 is 1.95 bits per heavy atom. The number of hydrogen-bond donors (Lipinski definition) is 0. The molecule has 0 spiro atoms. The maximum absolute atomic E-state index is 12.5. The van der Waals surface area contributed by atoms with Crippen LogP contribution in [0.2, 0.25) is 0 Å². The van der Waals surface area contributed by atoms with Gasteiger partial charge in [0.05, 0.1) is 18.2 Å². The van der Waals surface area contributed by atoms with Crippen molar-refractivity contribution in [3.8, 4) is 6.07 Å². The van der Waals surface area contributed by atoms with Crippen molar-refractivity contribution < 1.29 is 13.2 Å². The fourth-order valence-corrected chi connectivity index (χ4v) is 1.81. The number of aryl methyl sites for hydroxylation is 1. The van der Waals surface area contributed by atoms with Gasteiger partial charge in [0.15, 0.2) is 0 Å². The molecule has 0 fully saturated rings. The monoisotopic (exact) mass is 270 g/mol. The molecule has 0 bridgehead atoms. The first kappa shape index (κ1) is 15.5. The van der Waals surface area contributed by atoms with Crippen LogP contribution in [0.25, 0.3) is 0 Å². The summed E-state index contributed by atoms with van der Waals surface area (Å²) in [6.45, 7) is 4.59. The zero-order valence-electron chi connectivity index (χ0n) is 11.3. The normalized spacial score (nSPS) is 11.9. The van der Waals surface area contributed by atoms with Crippen LogP contribution in [0.15, 0.2) is 18.2 Å². The van der Waals surface area contributed by atoms with Crippen LogP contribution in [0.4, 0.5) is 13.2 Å². The lowest BCUT2D eigenvalue weighted by Gasteiger charge is -2.28. The van der Waals surface area contributed by atoms with Crippen molar-refractivity contribution in [2.24, 2.45) is 0 Å². The molecule has 1 rings (SSSR count). The van der Waals surface area contributed by atoms with Crippen LogP contribution >= 0.6 is 0 Å². The molecule has 104 valence electrons. The predicted octanol–water partition coefficient (Wildman–Crippen LogP) is 3.64. The van der Waals surface area contributed by atoms with Gasteiger partial charge in [-0.05, 0) is 44.0 Å². The first-order chi connectivity index (χ1) is 8.73. The second kappa shape index (κ2) is 6.07. The van der Waals surface area contributed by atoms with Crippen LogP contribution in [0, 0.1) is 18.3 Å². The van der Waals surface area contributed by atoms with Crippen molar-refractivity contribution in [1.29, 1.82) is 5.26 Å². The van der Waals surface area contributed by atoms with Gasteiger partial charge < -0.3 is 0 Å². The van der Waals surface area contributed by atoms with Gasteiger partial charge >= 0.3 is 6.18 Å². The minimum absolute atomic E-state index is 0.198. The van der Waals surface area contributed by atoms with E-state index in [1.807, 2.05) is 13.0 Å². The lowest BCUT2D eigenvalue weighted by Crippen LogP contribution is -2.38. The summed E-state index contributed by atoms with van der Waals surface area (Å²) in [7, 11) is 0. The van der Waals surface area contributed by atoms with Gasteiger partial charge in [0.25, 0.3) is 0 Å². The summed E-state index contributed by atoms with van der Waals surface area (Å²) in [5.41, 5.74) is 2.18. The fourth-order valence-electron chi connectivity index (χ4n) is 1.81. The molecule has 0 saturated carbocycles. The van der Waals surface area contributed by atoms with Crippen LogP contribution in [-0.4, -0.2) is 23.7 Å². The van der Waals surface area contributed by atoms with Gasteiger partial charge in [0.2, 0.25) is 0 Å². The van der Waals surface area contributed by atoms with Crippen molar-refractivity contribution in [1.82, 2.24) is 4.90 Å². The van der Waals surface area contributed by atoms with Crippen LogP contribution in [-0.2, 0) is 6.54 Å². The number of benzene rings is 1. The third kappa shape index (κ3) is 4.92. The highest BCUT2D eigenvalue weighted by molar-refractivity contribution is 5.37. The Balaban J connectivity index is 2.89. The van der Waals surface area contributed by atoms with E-state index in [1.165, 1.54) is 4.90 Å². The zero-order valence-corrected chi connectivity index (χ0v) is 11.3. The maximum atomic E-state index is 12.5. The quantitative estimate of drug-likeness (QED) is 0.835. The van der Waals surface area contributed by atoms with Crippen LogP contribution in [0.5, 0.6) is 0 Å². The smallest absolute Gasteiger partial charge is 0.288 e. The second-order valence-corrected chi connectivity index (χ2v) is 4.87. The summed E-state index contributed by atoms with van der Waals surface area (Å²) in [4.78, 5) is 1.37. The molecule has 5 heteroatoms. The molecule has 0 aliphatic carbocycles. The van der Waals surface area contributed by atoms with E-state index >= 15 is 0 Å². The summed E-state index contributed by atoms with van der Waals surface area (Å²) in [5, 5.41) is 8.77. The molecule has 0 saturated heterocycles. The Morgan fingerprint density at radius 1 is 1.32 bits per heavy atom. The molecule has 0 atom stereocenters. The highest BCUT2D eigenvalue weighted by atomic mass is 19.4. The number of rotatable bonds is 4. The highest BCUT2D eigenvalue weighted by Crippen LogP contribution is 2.21. The Kier molecular flexibility index (Phi) is 4.96. The summed E-state index contributed by atoms with van der Waals surface area (Å²) in [6, 6.07) is 6.87. The van der Waals surface area contributed by atoms with E-state index in [4.69, 9.17) is 5.26 Å². The van der Waals surface area contributed by atoms with E-state index in [-0.39, 0.29) is 12.6 Å². The van der Waals surface area contributed by atoms with Gasteiger partial charge in [-0.2, -0.15) is 18.4 Å². The number of nitrogens with zero attached hydrogens (tertiary/aromatic N) is 2. The molecule has 0 heterocycles. The largest absolute Gasteiger partial charge is 0.401 e. The Labute approximate surface area is 111 Å². The average molecular weight is 270 g/mol. The Morgan fingerprint density at radius 3 is 2.37 bits per heavy atom. The van der Waals surface area contributed by atoms with Crippen molar-refractivity contribution in [3.63, 3.8) is 0 Å². The summed E-state index contributed by atoms with van der Waals surface area (Å²) < 4.78 is 37.5. The third-order valence-corrected chi connectivity index (χ3v) is 2.96. The zero-order chi connectivity index (χ0) is 14.6. The third-order valence-electron chi connectivity index (χ3n) is 2.96. The molecule has 0 amide bonds. The summed E-state index contributed by atoms with van der Waals surface area (Å²) in [5.74, 6) is 0. The van der Waals surface area contributed by atoms with Crippen LogP contribution in [0.1, 0.15) is 30.5 Å². The molecule has 2 nitrogen and oxygen atoms in total. The SMILES string of the molecule is Cc1cc(C#N)ccc1CN(CC(F)(F)F)C(C)C. The van der Waals surface area contributed by atoms with Crippen molar-refractivity contribution in [2.75, 3.05) is 6.54 Å². The molecular formula is C14H17F3N2. The average Bonchev–Trinajstić information content (AvgIpc) is 2.28. The maximum Gasteiger partial charge on any atom is 0.401 e. The summed E-state index contributed by atoms with van der Waals surface area (Å²) >= 11 is 0. The number of alkyl halides is 3. The molecule has 0 aromatic heterocycles. The van der Waals surface area contributed by atoms with Gasteiger partial charge in [-0.25, -0.2) is 0 Å². The molecule has 19 heavy (non-hydrogen) atoms. The van der Waals surface area contributed by atoms with Crippen molar-refractivity contribution >= 4 is 0 Å². The second-order valence-electron chi connectivity index (χ2n) is 4.87. The minimum Gasteiger partial charge on any atom is -0.288 e. The molecule has 0 N–H and O–H groups in total. The molecule has 0 aliphatic heterocycles. The van der Waals surface area contributed by atoms with Gasteiger partial charge in [0, 0.05) is 12.6 Å². The van der Waals surface area contributed by atoms with E-state index in [2.05, 4.69) is 0 Å². The van der Waals surface area contributed by atoms with Crippen molar-refractivity contribution in [2.45, 2.75) is 39.5 Å². The number of nitriles is 1. The van der Waals surface area contributed by atoms with Gasteiger partial charge in [0.1, 0.15) is 0 Å². The highest BCUT2D eigenvalue weighted by Gasteiger charge is 2.31. The lowest BCUT2D eigenvalue weighted by atomic mass is 10.0. The Hall–Kier alpha value is -1.54. The molecule has 0 aliphatic rings. The van der Waals surface area contributed by atoms with E-state index in [0.717, 1.165) is 11.1 Å². The minimum atomic E-state index is -4.20. The standard InChI is InChI=1S/C14H17F3N2/c1-10(2)19(9-14(15,16)17)8-13-5-4-12(7-18)6-11(13)3/h4-6,10H,8-9H2,1-3H3. The molecule has 0 unspecified atom stereocenters. The fraction of sp³-hybridized carbons (Fsp3) is 0.500.